The highest BCUT2D eigenvalue weighted by Gasteiger charge is 2.26. The summed E-state index contributed by atoms with van der Waals surface area (Å²) in [6, 6.07) is -1.67. The van der Waals surface area contributed by atoms with Gasteiger partial charge in [0.15, 0.2) is 0 Å². The summed E-state index contributed by atoms with van der Waals surface area (Å²) in [6.07, 6.45) is -0.816. The van der Waals surface area contributed by atoms with Gasteiger partial charge in [-0.3, -0.25) is 9.59 Å². The molecule has 0 bridgehead atoms. The first-order chi connectivity index (χ1) is 7.78. The number of hydrogen-bond acceptors (Lipinski definition) is 5. The van der Waals surface area contributed by atoms with Gasteiger partial charge in [0.2, 0.25) is 10.0 Å². The lowest BCUT2D eigenvalue weighted by Crippen LogP contribution is -2.43. The van der Waals surface area contributed by atoms with E-state index in [2.05, 4.69) is 0 Å². The predicted octanol–water partition coefficient (Wildman–Crippen LogP) is -1.13. The van der Waals surface area contributed by atoms with Crippen LogP contribution in [0.2, 0.25) is 0 Å². The van der Waals surface area contributed by atoms with Crippen molar-refractivity contribution in [2.24, 2.45) is 0 Å². The number of hydrogen-bond donors (Lipinski definition) is 3. The second-order valence-corrected chi connectivity index (χ2v) is 5.00. The zero-order valence-corrected chi connectivity index (χ0v) is 10.1. The molecule has 17 heavy (non-hydrogen) atoms. The average molecular weight is 269 g/mol. The average Bonchev–Trinajstić information content (AvgIpc) is 2.15. The van der Waals surface area contributed by atoms with Gasteiger partial charge in [-0.1, -0.05) is 0 Å². The minimum atomic E-state index is -3.86. The molecule has 9 heteroatoms. The lowest BCUT2D eigenvalue weighted by atomic mass is 10.2. The summed E-state index contributed by atoms with van der Waals surface area (Å²) in [6.45, 7) is 1.95. The van der Waals surface area contributed by atoms with Gasteiger partial charge in [-0.25, -0.2) is 13.1 Å². The summed E-state index contributed by atoms with van der Waals surface area (Å²) in [5.74, 6) is -3.35. The van der Waals surface area contributed by atoms with Crippen molar-refractivity contribution in [2.45, 2.75) is 19.4 Å². The second-order valence-electron chi connectivity index (χ2n) is 3.12. The van der Waals surface area contributed by atoms with Crippen molar-refractivity contribution in [1.82, 2.24) is 4.72 Å². The maximum Gasteiger partial charge on any atom is 0.322 e. The maximum absolute atomic E-state index is 11.4. The number of carboxylic acids is 2. The van der Waals surface area contributed by atoms with Crippen molar-refractivity contribution < 1.29 is 33.0 Å². The molecule has 0 aliphatic carbocycles. The first-order valence-corrected chi connectivity index (χ1v) is 6.46. The largest absolute Gasteiger partial charge is 0.481 e. The highest BCUT2D eigenvalue weighted by atomic mass is 32.2. The Morgan fingerprint density at radius 1 is 1.35 bits per heavy atom. The molecule has 0 aromatic rings. The Morgan fingerprint density at radius 2 is 1.94 bits per heavy atom. The third kappa shape index (κ3) is 7.66. The molecule has 0 radical (unpaired) electrons. The van der Waals surface area contributed by atoms with E-state index in [1.165, 1.54) is 0 Å². The zero-order chi connectivity index (χ0) is 13.5. The van der Waals surface area contributed by atoms with Crippen LogP contribution in [-0.2, 0) is 24.3 Å². The smallest absolute Gasteiger partial charge is 0.322 e. The quantitative estimate of drug-likeness (QED) is 0.451. The van der Waals surface area contributed by atoms with E-state index in [4.69, 9.17) is 14.9 Å². The topological polar surface area (TPSA) is 130 Å². The number of aliphatic carboxylic acids is 2. The lowest BCUT2D eigenvalue weighted by Gasteiger charge is -2.12. The summed E-state index contributed by atoms with van der Waals surface area (Å²) in [5, 5.41) is 17.1. The van der Waals surface area contributed by atoms with Crippen molar-refractivity contribution in [3.05, 3.63) is 0 Å². The van der Waals surface area contributed by atoms with Gasteiger partial charge in [0.25, 0.3) is 0 Å². The van der Waals surface area contributed by atoms with Crippen LogP contribution in [0.3, 0.4) is 0 Å². The van der Waals surface area contributed by atoms with E-state index in [1.807, 2.05) is 0 Å². The van der Waals surface area contributed by atoms with Crippen molar-refractivity contribution in [2.75, 3.05) is 19.0 Å². The van der Waals surface area contributed by atoms with E-state index >= 15 is 0 Å². The Morgan fingerprint density at radius 3 is 2.35 bits per heavy atom. The summed E-state index contributed by atoms with van der Waals surface area (Å²) in [5.41, 5.74) is 0. The monoisotopic (exact) mass is 269 g/mol. The molecule has 0 unspecified atom stereocenters. The van der Waals surface area contributed by atoms with Gasteiger partial charge in [0, 0.05) is 6.61 Å². The fourth-order valence-electron chi connectivity index (χ4n) is 0.943. The molecule has 100 valence electrons. The summed E-state index contributed by atoms with van der Waals surface area (Å²) in [4.78, 5) is 21.0. The number of ether oxygens (including phenoxy) is 1. The zero-order valence-electron chi connectivity index (χ0n) is 9.25. The summed E-state index contributed by atoms with van der Waals surface area (Å²) in [7, 11) is -3.86. The molecule has 0 heterocycles. The Kier molecular flexibility index (Phi) is 6.69. The van der Waals surface area contributed by atoms with Crippen LogP contribution in [0, 0.1) is 0 Å². The molecule has 0 fully saturated rings. The van der Waals surface area contributed by atoms with E-state index in [9.17, 15) is 18.0 Å². The molecule has 0 aromatic heterocycles. The Balaban J connectivity index is 4.42. The minimum Gasteiger partial charge on any atom is -0.481 e. The van der Waals surface area contributed by atoms with E-state index in [-0.39, 0.29) is 6.61 Å². The van der Waals surface area contributed by atoms with Crippen molar-refractivity contribution in [3.63, 3.8) is 0 Å². The van der Waals surface area contributed by atoms with Crippen LogP contribution in [0.1, 0.15) is 13.3 Å². The van der Waals surface area contributed by atoms with Crippen LogP contribution in [0.4, 0.5) is 0 Å². The van der Waals surface area contributed by atoms with Gasteiger partial charge in [-0.2, -0.15) is 0 Å². The molecule has 0 rings (SSSR count). The predicted molar refractivity (Wildman–Crippen MR) is 57.1 cm³/mol. The standard InChI is InChI=1S/C8H15NO7S/c1-2-16-3-4-17(14,15)9-6(8(12)13)5-7(10)11/h6,9H,2-5H2,1H3,(H,10,11)(H,12,13)/t6-/m0/s1. The summed E-state index contributed by atoms with van der Waals surface area (Å²) < 4.78 is 29.3. The molecule has 0 aromatic carbocycles. The van der Waals surface area contributed by atoms with Gasteiger partial charge < -0.3 is 14.9 Å². The first-order valence-electron chi connectivity index (χ1n) is 4.81. The molecule has 0 saturated carbocycles. The van der Waals surface area contributed by atoms with E-state index in [0.29, 0.717) is 6.61 Å². The van der Waals surface area contributed by atoms with Gasteiger partial charge in [0.05, 0.1) is 18.8 Å². The molecule has 8 nitrogen and oxygen atoms in total. The van der Waals surface area contributed by atoms with Gasteiger partial charge in [-0.15, -0.1) is 0 Å². The second kappa shape index (κ2) is 7.20. The number of nitrogens with one attached hydrogen (secondary N) is 1. The molecule has 0 aliphatic rings. The Labute approximate surface area is 98.6 Å². The van der Waals surface area contributed by atoms with Crippen molar-refractivity contribution in [1.29, 1.82) is 0 Å². The van der Waals surface area contributed by atoms with Crippen LogP contribution in [-0.4, -0.2) is 55.6 Å². The number of sulfonamides is 1. The van der Waals surface area contributed by atoms with E-state index in [0.717, 1.165) is 0 Å². The van der Waals surface area contributed by atoms with Gasteiger partial charge in [0.1, 0.15) is 6.04 Å². The molecule has 1 atom stereocenters. The highest BCUT2D eigenvalue weighted by Crippen LogP contribution is 1.97. The normalized spacial score (nSPS) is 13.2. The van der Waals surface area contributed by atoms with Gasteiger partial charge >= 0.3 is 11.9 Å². The van der Waals surface area contributed by atoms with E-state index < -0.39 is 40.2 Å². The van der Waals surface area contributed by atoms with Crippen molar-refractivity contribution >= 4 is 22.0 Å². The lowest BCUT2D eigenvalue weighted by molar-refractivity contribution is -0.145. The van der Waals surface area contributed by atoms with Gasteiger partial charge in [-0.05, 0) is 6.92 Å². The third-order valence-corrected chi connectivity index (χ3v) is 3.05. The molecule has 3 N–H and O–H groups in total. The highest BCUT2D eigenvalue weighted by molar-refractivity contribution is 7.89. The first kappa shape index (κ1) is 15.8. The molecule has 0 aliphatic heterocycles. The van der Waals surface area contributed by atoms with Crippen LogP contribution in [0.25, 0.3) is 0 Å². The minimum absolute atomic E-state index is 0.0781. The molecular formula is C8H15NO7S. The fourth-order valence-corrected chi connectivity index (χ4v) is 2.02. The molecule has 0 saturated heterocycles. The third-order valence-electron chi connectivity index (χ3n) is 1.70. The SMILES string of the molecule is CCOCCS(=O)(=O)N[C@@H](CC(=O)O)C(=O)O. The number of rotatable bonds is 9. The fraction of sp³-hybridized carbons (Fsp3) is 0.750. The molecular weight excluding hydrogens is 254 g/mol. The Bertz CT molecular complexity index is 364. The van der Waals surface area contributed by atoms with Crippen LogP contribution in [0.5, 0.6) is 0 Å². The number of carbonyl (C=O) groups is 2. The summed E-state index contributed by atoms with van der Waals surface area (Å²) >= 11 is 0. The van der Waals surface area contributed by atoms with Crippen LogP contribution in [0.15, 0.2) is 0 Å². The van der Waals surface area contributed by atoms with Crippen LogP contribution >= 0.6 is 0 Å². The van der Waals surface area contributed by atoms with Crippen LogP contribution < -0.4 is 4.72 Å². The Hall–Kier alpha value is -1.19. The molecule has 0 spiro atoms. The van der Waals surface area contributed by atoms with Crippen molar-refractivity contribution in [3.8, 4) is 0 Å². The maximum atomic E-state index is 11.4. The van der Waals surface area contributed by atoms with E-state index in [1.54, 1.807) is 11.6 Å². The number of carboxylic acid groups (broad SMARTS) is 2. The molecule has 0 amide bonds.